The fourth-order valence-corrected chi connectivity index (χ4v) is 3.53. The van der Waals surface area contributed by atoms with E-state index in [1.165, 1.54) is 40.5 Å². The van der Waals surface area contributed by atoms with Gasteiger partial charge in [-0.05, 0) is 61.5 Å². The van der Waals surface area contributed by atoms with Gasteiger partial charge in [-0.3, -0.25) is 0 Å². The van der Waals surface area contributed by atoms with E-state index in [9.17, 15) is 0 Å². The number of nitrogens with one attached hydrogen (secondary N) is 1. The van der Waals surface area contributed by atoms with Crippen molar-refractivity contribution in [2.45, 2.75) is 46.1 Å². The zero-order valence-electron chi connectivity index (χ0n) is 16.0. The molecule has 0 aliphatic carbocycles. The summed E-state index contributed by atoms with van der Waals surface area (Å²) < 4.78 is 2.37. The van der Waals surface area contributed by atoms with E-state index in [1.807, 2.05) is 26.0 Å². The second-order valence-electron chi connectivity index (χ2n) is 6.37. The molecular formula is C23H32N2. The van der Waals surface area contributed by atoms with Crippen LogP contribution in [-0.4, -0.2) is 17.7 Å². The molecule has 0 spiro atoms. The van der Waals surface area contributed by atoms with Gasteiger partial charge >= 0.3 is 0 Å². The summed E-state index contributed by atoms with van der Waals surface area (Å²) in [4.78, 5) is 0. The van der Waals surface area contributed by atoms with Gasteiger partial charge in [-0.25, -0.2) is 0 Å². The minimum Gasteiger partial charge on any atom is -0.343 e. The maximum atomic E-state index is 3.98. The van der Waals surface area contributed by atoms with Crippen LogP contribution in [0.1, 0.15) is 45.1 Å². The number of piperidine rings is 1. The summed E-state index contributed by atoms with van der Waals surface area (Å²) in [6, 6.07) is 8.77. The summed E-state index contributed by atoms with van der Waals surface area (Å²) in [7, 11) is 0. The lowest BCUT2D eigenvalue weighted by molar-refractivity contribution is 0.461. The normalized spacial score (nSPS) is 16.0. The molecule has 1 N–H and O–H groups in total. The molecule has 3 rings (SSSR count). The Hall–Kier alpha value is -2.06. The van der Waals surface area contributed by atoms with Crippen molar-refractivity contribution in [1.29, 1.82) is 0 Å². The van der Waals surface area contributed by atoms with Crippen molar-refractivity contribution in [1.82, 2.24) is 9.88 Å². The fraction of sp³-hybridized carbons (Fsp3) is 0.391. The third-order valence-corrected chi connectivity index (χ3v) is 5.00. The number of rotatable bonds is 5. The van der Waals surface area contributed by atoms with Crippen molar-refractivity contribution in [2.24, 2.45) is 0 Å². The third kappa shape index (κ3) is 4.32. The van der Waals surface area contributed by atoms with Crippen molar-refractivity contribution < 1.29 is 0 Å². The summed E-state index contributed by atoms with van der Waals surface area (Å²) in [6.07, 6.45) is 8.68. The number of aromatic nitrogens is 1. The van der Waals surface area contributed by atoms with E-state index in [0.29, 0.717) is 5.92 Å². The quantitative estimate of drug-likeness (QED) is 0.680. The van der Waals surface area contributed by atoms with Gasteiger partial charge < -0.3 is 9.88 Å². The molecule has 134 valence electrons. The Morgan fingerprint density at radius 1 is 1.16 bits per heavy atom. The van der Waals surface area contributed by atoms with Crippen molar-refractivity contribution in [3.63, 3.8) is 0 Å². The highest BCUT2D eigenvalue weighted by Gasteiger charge is 2.20. The standard InChI is InChI=1S/C21H26N2.C2H6/c1-4-16(3)17(5-2)14-23-15-20(18-10-12-22-13-11-18)19-8-6-7-9-21(19)23;1-2/h4-9,15,18,22H,1-2,10-14H2,3H3;1-2H3/b17-16+;. The molecule has 0 unspecified atom stereocenters. The number of nitrogens with zero attached hydrogens (tertiary/aromatic N) is 1. The smallest absolute Gasteiger partial charge is 0.0486 e. The van der Waals surface area contributed by atoms with Gasteiger partial charge in [-0.15, -0.1) is 0 Å². The van der Waals surface area contributed by atoms with Crippen LogP contribution in [-0.2, 0) is 6.54 Å². The molecule has 1 aromatic carbocycles. The van der Waals surface area contributed by atoms with Crippen molar-refractivity contribution in [3.8, 4) is 0 Å². The van der Waals surface area contributed by atoms with E-state index < -0.39 is 0 Å². The number of hydrogen-bond donors (Lipinski definition) is 1. The maximum Gasteiger partial charge on any atom is 0.0486 e. The molecule has 0 amide bonds. The lowest BCUT2D eigenvalue weighted by Gasteiger charge is -2.22. The summed E-state index contributed by atoms with van der Waals surface area (Å²) >= 11 is 0. The highest BCUT2D eigenvalue weighted by atomic mass is 15.0. The molecule has 0 bridgehead atoms. The van der Waals surface area contributed by atoms with Crippen molar-refractivity contribution in [3.05, 3.63) is 72.5 Å². The second kappa shape index (κ2) is 9.43. The molecule has 0 radical (unpaired) electrons. The Labute approximate surface area is 152 Å². The average Bonchev–Trinajstić information content (AvgIpc) is 3.06. The number of benzene rings is 1. The minimum absolute atomic E-state index is 0.666. The second-order valence-corrected chi connectivity index (χ2v) is 6.37. The first-order chi connectivity index (χ1) is 12.2. The van der Waals surface area contributed by atoms with E-state index in [1.54, 1.807) is 0 Å². The molecule has 1 fully saturated rings. The molecule has 2 aromatic rings. The first kappa shape index (κ1) is 19.3. The Kier molecular flexibility index (Phi) is 7.27. The lowest BCUT2D eigenvalue weighted by atomic mass is 9.90. The van der Waals surface area contributed by atoms with Gasteiger partial charge in [0.15, 0.2) is 0 Å². The highest BCUT2D eigenvalue weighted by molar-refractivity contribution is 5.84. The molecule has 1 aliphatic heterocycles. The predicted molar refractivity (Wildman–Crippen MR) is 111 cm³/mol. The molecule has 1 aliphatic rings. The molecule has 2 nitrogen and oxygen atoms in total. The van der Waals surface area contributed by atoms with Crippen LogP contribution in [0.2, 0.25) is 0 Å². The molecule has 2 heteroatoms. The lowest BCUT2D eigenvalue weighted by Crippen LogP contribution is -2.26. The van der Waals surface area contributed by atoms with E-state index in [-0.39, 0.29) is 0 Å². The van der Waals surface area contributed by atoms with Crippen LogP contribution in [0.5, 0.6) is 0 Å². The summed E-state index contributed by atoms with van der Waals surface area (Å²) in [6.45, 7) is 17.1. The average molecular weight is 337 g/mol. The number of hydrogen-bond acceptors (Lipinski definition) is 1. The SMILES string of the molecule is C=C/C(C)=C(\C=C)Cn1cc(C2CCNCC2)c2ccccc21.CC. The molecule has 0 atom stereocenters. The van der Waals surface area contributed by atoms with Gasteiger partial charge in [-0.2, -0.15) is 0 Å². The molecule has 25 heavy (non-hydrogen) atoms. The first-order valence-electron chi connectivity index (χ1n) is 9.47. The minimum atomic E-state index is 0.666. The van der Waals surface area contributed by atoms with E-state index >= 15 is 0 Å². The molecular weight excluding hydrogens is 304 g/mol. The van der Waals surface area contributed by atoms with Crippen LogP contribution in [0.15, 0.2) is 66.9 Å². The number of allylic oxidation sites excluding steroid dienone is 4. The Bertz CT molecular complexity index is 743. The fourth-order valence-electron chi connectivity index (χ4n) is 3.53. The Morgan fingerprint density at radius 3 is 2.48 bits per heavy atom. The van der Waals surface area contributed by atoms with Crippen LogP contribution in [0.25, 0.3) is 10.9 Å². The third-order valence-electron chi connectivity index (χ3n) is 5.00. The van der Waals surface area contributed by atoms with Crippen LogP contribution < -0.4 is 5.32 Å². The predicted octanol–water partition coefficient (Wildman–Crippen LogP) is 5.82. The largest absolute Gasteiger partial charge is 0.343 e. The van der Waals surface area contributed by atoms with E-state index in [4.69, 9.17) is 0 Å². The molecule has 1 saturated heterocycles. The van der Waals surface area contributed by atoms with Gasteiger partial charge in [-0.1, -0.05) is 57.4 Å². The van der Waals surface area contributed by atoms with Crippen LogP contribution in [0.4, 0.5) is 0 Å². The zero-order chi connectivity index (χ0) is 18.2. The topological polar surface area (TPSA) is 17.0 Å². The molecule has 1 aromatic heterocycles. The van der Waals surface area contributed by atoms with Gasteiger partial charge in [0, 0.05) is 23.6 Å². The highest BCUT2D eigenvalue weighted by Crippen LogP contribution is 2.33. The summed E-state index contributed by atoms with van der Waals surface area (Å²) in [5, 5.41) is 4.87. The maximum absolute atomic E-state index is 3.98. The van der Waals surface area contributed by atoms with Crippen LogP contribution >= 0.6 is 0 Å². The van der Waals surface area contributed by atoms with E-state index in [2.05, 4.69) is 60.4 Å². The van der Waals surface area contributed by atoms with Crippen molar-refractivity contribution >= 4 is 10.9 Å². The Morgan fingerprint density at radius 2 is 1.84 bits per heavy atom. The number of fused-ring (bicyclic) bond motifs is 1. The van der Waals surface area contributed by atoms with Crippen LogP contribution in [0, 0.1) is 0 Å². The summed E-state index contributed by atoms with van der Waals surface area (Å²) in [5.41, 5.74) is 5.25. The molecule has 2 heterocycles. The van der Waals surface area contributed by atoms with Gasteiger partial charge in [0.05, 0.1) is 0 Å². The van der Waals surface area contributed by atoms with E-state index in [0.717, 1.165) is 19.6 Å². The number of para-hydroxylation sites is 1. The first-order valence-corrected chi connectivity index (χ1v) is 9.47. The van der Waals surface area contributed by atoms with Gasteiger partial charge in [0.2, 0.25) is 0 Å². The van der Waals surface area contributed by atoms with Crippen LogP contribution in [0.3, 0.4) is 0 Å². The van der Waals surface area contributed by atoms with Crippen molar-refractivity contribution in [2.75, 3.05) is 13.1 Å². The molecule has 0 saturated carbocycles. The summed E-state index contributed by atoms with van der Waals surface area (Å²) in [5.74, 6) is 0.666. The Balaban J connectivity index is 0.00000109. The monoisotopic (exact) mass is 336 g/mol. The van der Waals surface area contributed by atoms with Gasteiger partial charge in [0.25, 0.3) is 0 Å². The van der Waals surface area contributed by atoms with Gasteiger partial charge in [0.1, 0.15) is 0 Å². The zero-order valence-corrected chi connectivity index (χ0v) is 16.0.